The normalized spacial score (nSPS) is 14.2. The molecule has 14 nitrogen and oxygen atoms in total. The summed E-state index contributed by atoms with van der Waals surface area (Å²) in [6.07, 6.45) is 0.959. The molecule has 0 fully saturated rings. The summed E-state index contributed by atoms with van der Waals surface area (Å²) in [5.41, 5.74) is -0.801. The number of halogens is 1. The number of aromatic nitrogens is 3. The molecule has 3 N–H and O–H groups in total. The summed E-state index contributed by atoms with van der Waals surface area (Å²) in [6, 6.07) is 6.26. The third-order valence-corrected chi connectivity index (χ3v) is 5.77. The lowest BCUT2D eigenvalue weighted by Crippen LogP contribution is -2.53. The first-order chi connectivity index (χ1) is 18.6. The summed E-state index contributed by atoms with van der Waals surface area (Å²) in [6.45, 7) is 2.52. The Labute approximate surface area is 223 Å². The number of amides is 1. The Bertz CT molecular complexity index is 1400. The minimum Gasteiger partial charge on any atom is -0.493 e. The maximum Gasteiger partial charge on any atom is 0.696 e. The van der Waals surface area contributed by atoms with Gasteiger partial charge in [-0.25, -0.2) is 14.4 Å². The molecule has 3 heterocycles. The van der Waals surface area contributed by atoms with Gasteiger partial charge < -0.3 is 29.6 Å². The Morgan fingerprint density at radius 3 is 2.41 bits per heavy atom. The summed E-state index contributed by atoms with van der Waals surface area (Å²) in [7, 11) is 1.45. The van der Waals surface area contributed by atoms with E-state index < -0.39 is 32.3 Å². The average Bonchev–Trinajstić information content (AvgIpc) is 2.90. The number of hydrogen-bond donors (Lipinski definition) is 3. The molecule has 206 valence electrons. The Balaban J connectivity index is 1.62. The van der Waals surface area contributed by atoms with Crippen LogP contribution in [0.3, 0.4) is 0 Å². The molecule has 16 heteroatoms. The fraction of sp³-hybridized carbons (Fsp3) is 0.304. The van der Waals surface area contributed by atoms with Gasteiger partial charge >= 0.3 is 8.25 Å². The summed E-state index contributed by atoms with van der Waals surface area (Å²) in [5, 5.41) is 5.70. The first-order valence-electron chi connectivity index (χ1n) is 11.2. The number of nitrogens with zero attached hydrogens (tertiary/aromatic N) is 4. The first-order valence-corrected chi connectivity index (χ1v) is 12.4. The largest absolute Gasteiger partial charge is 0.696 e. The van der Waals surface area contributed by atoms with Crippen LogP contribution in [0.25, 0.3) is 0 Å². The molecular weight excluding hydrogens is 538 g/mol. The highest BCUT2D eigenvalue weighted by atomic mass is 31.1. The minimum atomic E-state index is -2.98. The molecule has 0 saturated carbocycles. The maximum absolute atomic E-state index is 14.7. The van der Waals surface area contributed by atoms with Gasteiger partial charge in [0.05, 0.1) is 27.5 Å². The predicted octanol–water partition coefficient (Wildman–Crippen LogP) is 3.65. The number of benzene rings is 1. The van der Waals surface area contributed by atoms with Crippen LogP contribution in [-0.2, 0) is 13.9 Å². The second-order valence-electron chi connectivity index (χ2n) is 8.41. The lowest BCUT2D eigenvalue weighted by atomic mass is 10.1. The molecule has 1 aromatic carbocycles. The molecule has 1 aliphatic rings. The molecule has 39 heavy (non-hydrogen) atoms. The summed E-state index contributed by atoms with van der Waals surface area (Å²) in [4.78, 5) is 35.4. The van der Waals surface area contributed by atoms with E-state index in [0.29, 0.717) is 22.9 Å². The average molecular weight is 563 g/mol. The van der Waals surface area contributed by atoms with E-state index in [-0.39, 0.29) is 29.2 Å². The third kappa shape index (κ3) is 5.90. The van der Waals surface area contributed by atoms with Crippen molar-refractivity contribution in [3.8, 4) is 23.0 Å². The van der Waals surface area contributed by atoms with Crippen LogP contribution in [0, 0.1) is 5.82 Å². The highest BCUT2D eigenvalue weighted by Crippen LogP contribution is 2.41. The number of anilines is 5. The standard InChI is InChI=1S/C23H24FN6O8P/c1-23(2)21(31)30(11-37-39(32)33)20-14(38-23)6-7-17(28-20)27-19-13(24)10-25-22(29-19)26-12-8-15(34-3)18(36-5)16(9-12)35-4/h6-10H,11H2,1-5H3,(H2-,25,26,27,28,29,32,33)/p+1. The van der Waals surface area contributed by atoms with Crippen LogP contribution < -0.4 is 34.5 Å². The first kappa shape index (κ1) is 27.7. The molecule has 0 bridgehead atoms. The molecule has 1 unspecified atom stereocenters. The second-order valence-corrected chi connectivity index (χ2v) is 9.15. The Hall–Kier alpha value is -4.33. The summed E-state index contributed by atoms with van der Waals surface area (Å²) in [5.74, 6) is -0.0411. The van der Waals surface area contributed by atoms with E-state index in [1.807, 2.05) is 0 Å². The van der Waals surface area contributed by atoms with Gasteiger partial charge in [0, 0.05) is 22.4 Å². The van der Waals surface area contributed by atoms with Crippen LogP contribution in [0.2, 0.25) is 0 Å². The van der Waals surface area contributed by atoms with Crippen molar-refractivity contribution >= 4 is 43.3 Å². The molecule has 0 aliphatic carbocycles. The van der Waals surface area contributed by atoms with E-state index in [4.69, 9.17) is 28.4 Å². The number of hydrogen-bond acceptors (Lipinski definition) is 12. The Kier molecular flexibility index (Phi) is 7.95. The number of fused-ring (bicyclic) bond motifs is 1. The summed E-state index contributed by atoms with van der Waals surface area (Å²) >= 11 is 0. The van der Waals surface area contributed by atoms with Crippen molar-refractivity contribution in [2.24, 2.45) is 0 Å². The van der Waals surface area contributed by atoms with E-state index in [1.165, 1.54) is 47.3 Å². The Morgan fingerprint density at radius 2 is 1.79 bits per heavy atom. The zero-order valence-electron chi connectivity index (χ0n) is 21.5. The second kappa shape index (κ2) is 11.2. The number of pyridine rings is 1. The fourth-order valence-electron chi connectivity index (χ4n) is 3.66. The zero-order chi connectivity index (χ0) is 28.3. The topological polar surface area (TPSA) is 166 Å². The molecule has 0 saturated heterocycles. The molecule has 1 amide bonds. The van der Waals surface area contributed by atoms with Gasteiger partial charge in [0.2, 0.25) is 11.7 Å². The number of carbonyl (C=O) groups excluding carboxylic acids is 1. The third-order valence-electron chi connectivity index (χ3n) is 5.43. The van der Waals surface area contributed by atoms with Crippen LogP contribution in [0.1, 0.15) is 13.8 Å². The highest BCUT2D eigenvalue weighted by Gasteiger charge is 2.43. The van der Waals surface area contributed by atoms with Crippen molar-refractivity contribution in [3.63, 3.8) is 0 Å². The van der Waals surface area contributed by atoms with Crippen molar-refractivity contribution < 1.29 is 42.1 Å². The van der Waals surface area contributed by atoms with Crippen LogP contribution in [0.4, 0.5) is 33.5 Å². The highest BCUT2D eigenvalue weighted by molar-refractivity contribution is 7.32. The van der Waals surface area contributed by atoms with Gasteiger partial charge in [-0.05, 0) is 26.0 Å². The van der Waals surface area contributed by atoms with Gasteiger partial charge in [0.1, 0.15) is 5.82 Å². The van der Waals surface area contributed by atoms with Crippen molar-refractivity contribution in [1.29, 1.82) is 0 Å². The van der Waals surface area contributed by atoms with E-state index >= 15 is 0 Å². The van der Waals surface area contributed by atoms with Crippen molar-refractivity contribution in [3.05, 3.63) is 36.3 Å². The lowest BCUT2D eigenvalue weighted by Gasteiger charge is -2.36. The Morgan fingerprint density at radius 1 is 1.10 bits per heavy atom. The molecule has 0 spiro atoms. The van der Waals surface area contributed by atoms with Gasteiger partial charge in [0.15, 0.2) is 47.0 Å². The van der Waals surface area contributed by atoms with Crippen LogP contribution in [0.5, 0.6) is 23.0 Å². The van der Waals surface area contributed by atoms with Crippen molar-refractivity contribution in [1.82, 2.24) is 15.0 Å². The SMILES string of the molecule is COc1cc(Nc2ncc(F)c(Nc3ccc4c(n3)N(CO[P+](=O)O)C(=O)C(C)(C)O4)n2)cc(OC)c1OC. The van der Waals surface area contributed by atoms with E-state index in [0.717, 1.165) is 11.1 Å². The van der Waals surface area contributed by atoms with E-state index in [9.17, 15) is 13.8 Å². The van der Waals surface area contributed by atoms with E-state index in [1.54, 1.807) is 12.1 Å². The maximum atomic E-state index is 14.7. The molecular formula is C23H25FN6O8P+. The molecule has 3 aromatic rings. The van der Waals surface area contributed by atoms with Gasteiger partial charge in [0.25, 0.3) is 5.91 Å². The quantitative estimate of drug-likeness (QED) is 0.306. The molecule has 1 atom stereocenters. The monoisotopic (exact) mass is 563 g/mol. The molecule has 0 radical (unpaired) electrons. The van der Waals surface area contributed by atoms with E-state index in [2.05, 4.69) is 25.6 Å². The lowest BCUT2D eigenvalue weighted by molar-refractivity contribution is -0.133. The van der Waals surface area contributed by atoms with Gasteiger partial charge in [-0.1, -0.05) is 4.52 Å². The predicted molar refractivity (Wildman–Crippen MR) is 137 cm³/mol. The number of nitrogens with one attached hydrogen (secondary N) is 2. The van der Waals surface area contributed by atoms with Crippen LogP contribution >= 0.6 is 8.25 Å². The van der Waals surface area contributed by atoms with Gasteiger partial charge in [-0.2, -0.15) is 4.98 Å². The zero-order valence-corrected chi connectivity index (χ0v) is 22.4. The molecule has 2 aromatic heterocycles. The van der Waals surface area contributed by atoms with Crippen molar-refractivity contribution in [2.75, 3.05) is 43.6 Å². The molecule has 4 rings (SSSR count). The van der Waals surface area contributed by atoms with Gasteiger partial charge in [-0.3, -0.25) is 9.69 Å². The number of ether oxygens (including phenoxy) is 4. The number of carbonyl (C=O) groups is 1. The van der Waals surface area contributed by atoms with Crippen LogP contribution in [0.15, 0.2) is 30.5 Å². The smallest absolute Gasteiger partial charge is 0.493 e. The number of rotatable bonds is 10. The van der Waals surface area contributed by atoms with Crippen LogP contribution in [-0.4, -0.2) is 59.4 Å². The molecule has 1 aliphatic heterocycles. The minimum absolute atomic E-state index is 0.00594. The van der Waals surface area contributed by atoms with Gasteiger partial charge in [-0.15, -0.1) is 4.89 Å². The summed E-state index contributed by atoms with van der Waals surface area (Å²) < 4.78 is 52.2. The fourth-order valence-corrected chi connectivity index (χ4v) is 3.88. The van der Waals surface area contributed by atoms with Crippen molar-refractivity contribution in [2.45, 2.75) is 19.4 Å². The number of methoxy groups -OCH3 is 3.